The van der Waals surface area contributed by atoms with Gasteiger partial charge in [-0.25, -0.2) is 13.6 Å². The van der Waals surface area contributed by atoms with Gasteiger partial charge in [0.2, 0.25) is 10.0 Å². The van der Waals surface area contributed by atoms with Crippen LogP contribution in [-0.2, 0) is 10.0 Å². The van der Waals surface area contributed by atoms with Crippen molar-refractivity contribution in [1.29, 1.82) is 0 Å². The molecule has 1 amide bonds. The van der Waals surface area contributed by atoms with Crippen LogP contribution in [-0.4, -0.2) is 27.5 Å². The summed E-state index contributed by atoms with van der Waals surface area (Å²) in [6, 6.07) is 3.98. The van der Waals surface area contributed by atoms with Crippen molar-refractivity contribution in [3.05, 3.63) is 23.8 Å². The molecular formula is C11H14N2O4S. The highest BCUT2D eigenvalue weighted by atomic mass is 32.2. The Bertz CT molecular complexity index is 579. The summed E-state index contributed by atoms with van der Waals surface area (Å²) in [6.07, 6.45) is 1.88. The van der Waals surface area contributed by atoms with Crippen molar-refractivity contribution in [2.75, 3.05) is 7.05 Å². The van der Waals surface area contributed by atoms with Crippen LogP contribution < -0.4 is 15.2 Å². The number of amides is 1. The van der Waals surface area contributed by atoms with E-state index in [2.05, 4.69) is 5.32 Å². The fraction of sp³-hybridized carbons (Fsp3) is 0.364. The predicted molar refractivity (Wildman–Crippen MR) is 64.9 cm³/mol. The van der Waals surface area contributed by atoms with E-state index in [1.165, 1.54) is 25.2 Å². The first kappa shape index (κ1) is 12.8. The third kappa shape index (κ3) is 2.80. The van der Waals surface area contributed by atoms with Crippen molar-refractivity contribution in [2.24, 2.45) is 5.14 Å². The van der Waals surface area contributed by atoms with Crippen LogP contribution in [0.15, 0.2) is 23.1 Å². The second kappa shape index (κ2) is 4.58. The maximum Gasteiger partial charge on any atom is 0.254 e. The Labute approximate surface area is 105 Å². The average Bonchev–Trinajstić information content (AvgIpc) is 3.10. The third-order valence-corrected chi connectivity index (χ3v) is 3.48. The summed E-state index contributed by atoms with van der Waals surface area (Å²) >= 11 is 0. The lowest BCUT2D eigenvalue weighted by molar-refractivity contribution is 0.0958. The van der Waals surface area contributed by atoms with Gasteiger partial charge in [0.05, 0.1) is 16.6 Å². The number of carbonyl (C=O) groups excluding carboxylic acids is 1. The molecule has 1 aromatic rings. The Morgan fingerprint density at radius 1 is 1.44 bits per heavy atom. The highest BCUT2D eigenvalue weighted by molar-refractivity contribution is 7.89. The van der Waals surface area contributed by atoms with E-state index >= 15 is 0 Å². The zero-order chi connectivity index (χ0) is 13.3. The van der Waals surface area contributed by atoms with Crippen LogP contribution in [0.5, 0.6) is 5.75 Å². The van der Waals surface area contributed by atoms with Gasteiger partial charge >= 0.3 is 0 Å². The summed E-state index contributed by atoms with van der Waals surface area (Å²) in [6.45, 7) is 0. The van der Waals surface area contributed by atoms with Crippen molar-refractivity contribution >= 4 is 15.9 Å². The summed E-state index contributed by atoms with van der Waals surface area (Å²) in [5, 5.41) is 7.52. The van der Waals surface area contributed by atoms with E-state index in [-0.39, 0.29) is 22.7 Å². The summed E-state index contributed by atoms with van der Waals surface area (Å²) < 4.78 is 28.1. The quantitative estimate of drug-likeness (QED) is 0.818. The van der Waals surface area contributed by atoms with E-state index < -0.39 is 10.0 Å². The molecule has 18 heavy (non-hydrogen) atoms. The number of primary sulfonamides is 1. The Morgan fingerprint density at radius 2 is 2.11 bits per heavy atom. The molecule has 1 fully saturated rings. The molecule has 1 aliphatic carbocycles. The number of nitrogens with one attached hydrogen (secondary N) is 1. The van der Waals surface area contributed by atoms with Crippen LogP contribution in [0, 0.1) is 0 Å². The summed E-state index contributed by atoms with van der Waals surface area (Å²) in [5.74, 6) is -0.0741. The lowest BCUT2D eigenvalue weighted by Crippen LogP contribution is -2.20. The number of ether oxygens (including phenoxy) is 1. The number of nitrogens with two attached hydrogens (primary N) is 1. The minimum atomic E-state index is -3.80. The lowest BCUT2D eigenvalue weighted by Gasteiger charge is -2.11. The van der Waals surface area contributed by atoms with Crippen LogP contribution in [0.25, 0.3) is 0 Å². The Morgan fingerprint density at radius 3 is 2.61 bits per heavy atom. The fourth-order valence-corrected chi connectivity index (χ4v) is 1.99. The SMILES string of the molecule is CNC(=O)c1ccc(S(N)(=O)=O)cc1OC1CC1. The maximum absolute atomic E-state index is 11.6. The van der Waals surface area contributed by atoms with Gasteiger partial charge in [0.1, 0.15) is 5.75 Å². The Kier molecular flexibility index (Phi) is 3.27. The van der Waals surface area contributed by atoms with Gasteiger partial charge in [-0.3, -0.25) is 4.79 Å². The molecule has 0 spiro atoms. The second-order valence-corrected chi connectivity index (χ2v) is 5.66. The number of sulfonamides is 1. The molecule has 0 heterocycles. The molecule has 3 N–H and O–H groups in total. The topological polar surface area (TPSA) is 98.5 Å². The molecule has 0 bridgehead atoms. The molecule has 1 aliphatic rings. The molecule has 0 unspecified atom stereocenters. The number of hydrogen-bond acceptors (Lipinski definition) is 4. The van der Waals surface area contributed by atoms with E-state index in [0.29, 0.717) is 5.56 Å². The fourth-order valence-electron chi connectivity index (χ4n) is 1.46. The normalized spacial score (nSPS) is 15.2. The third-order valence-electron chi connectivity index (χ3n) is 2.57. The van der Waals surface area contributed by atoms with Gasteiger partial charge in [-0.05, 0) is 25.0 Å². The van der Waals surface area contributed by atoms with Gasteiger partial charge in [-0.1, -0.05) is 0 Å². The van der Waals surface area contributed by atoms with Crippen molar-refractivity contribution in [1.82, 2.24) is 5.32 Å². The lowest BCUT2D eigenvalue weighted by atomic mass is 10.2. The molecular weight excluding hydrogens is 256 g/mol. The largest absolute Gasteiger partial charge is 0.490 e. The molecule has 7 heteroatoms. The minimum absolute atomic E-state index is 0.0594. The highest BCUT2D eigenvalue weighted by Crippen LogP contribution is 2.30. The van der Waals surface area contributed by atoms with Gasteiger partial charge in [0.15, 0.2) is 0 Å². The van der Waals surface area contributed by atoms with Crippen LogP contribution in [0.4, 0.5) is 0 Å². The van der Waals surface area contributed by atoms with Gasteiger partial charge in [0.25, 0.3) is 5.91 Å². The van der Waals surface area contributed by atoms with Crippen LogP contribution >= 0.6 is 0 Å². The molecule has 0 aromatic heterocycles. The summed E-state index contributed by atoms with van der Waals surface area (Å²) in [5.41, 5.74) is 0.303. The molecule has 2 rings (SSSR count). The zero-order valence-corrected chi connectivity index (χ0v) is 10.7. The van der Waals surface area contributed by atoms with E-state index in [1.54, 1.807) is 0 Å². The van der Waals surface area contributed by atoms with Gasteiger partial charge in [0, 0.05) is 13.1 Å². The van der Waals surface area contributed by atoms with Crippen molar-refractivity contribution in [2.45, 2.75) is 23.8 Å². The molecule has 1 aromatic carbocycles. The molecule has 98 valence electrons. The zero-order valence-electron chi connectivity index (χ0n) is 9.84. The van der Waals surface area contributed by atoms with Gasteiger partial charge in [-0.15, -0.1) is 0 Å². The number of carbonyl (C=O) groups is 1. The minimum Gasteiger partial charge on any atom is -0.490 e. The molecule has 0 aliphatic heterocycles. The van der Waals surface area contributed by atoms with E-state index in [4.69, 9.17) is 9.88 Å². The van der Waals surface area contributed by atoms with Crippen LogP contribution in [0.2, 0.25) is 0 Å². The van der Waals surface area contributed by atoms with E-state index in [0.717, 1.165) is 12.8 Å². The highest BCUT2D eigenvalue weighted by Gasteiger charge is 2.26. The predicted octanol–water partition coefficient (Wildman–Crippen LogP) is 0.235. The first-order valence-corrected chi connectivity index (χ1v) is 7.02. The van der Waals surface area contributed by atoms with Crippen molar-refractivity contribution in [3.8, 4) is 5.75 Å². The number of rotatable bonds is 4. The molecule has 1 saturated carbocycles. The van der Waals surface area contributed by atoms with E-state index in [1.807, 2.05) is 0 Å². The van der Waals surface area contributed by atoms with Gasteiger partial charge in [-0.2, -0.15) is 0 Å². The van der Waals surface area contributed by atoms with Gasteiger partial charge < -0.3 is 10.1 Å². The second-order valence-electron chi connectivity index (χ2n) is 4.10. The smallest absolute Gasteiger partial charge is 0.254 e. The number of benzene rings is 1. The summed E-state index contributed by atoms with van der Waals surface area (Å²) in [7, 11) is -2.30. The van der Waals surface area contributed by atoms with Crippen LogP contribution in [0.1, 0.15) is 23.2 Å². The van der Waals surface area contributed by atoms with Crippen molar-refractivity contribution in [3.63, 3.8) is 0 Å². The Hall–Kier alpha value is -1.60. The monoisotopic (exact) mass is 270 g/mol. The Balaban J connectivity index is 2.43. The first-order valence-electron chi connectivity index (χ1n) is 5.47. The van der Waals surface area contributed by atoms with Crippen molar-refractivity contribution < 1.29 is 17.9 Å². The number of hydrogen-bond donors (Lipinski definition) is 2. The standard InChI is InChI=1S/C11H14N2O4S/c1-13-11(14)9-5-4-8(18(12,15)16)6-10(9)17-7-2-3-7/h4-7H,2-3H2,1H3,(H,13,14)(H2,12,15,16). The average molecular weight is 270 g/mol. The van der Waals surface area contributed by atoms with E-state index in [9.17, 15) is 13.2 Å². The first-order chi connectivity index (χ1) is 8.41. The molecule has 0 atom stereocenters. The molecule has 6 nitrogen and oxygen atoms in total. The summed E-state index contributed by atoms with van der Waals surface area (Å²) in [4.78, 5) is 11.6. The maximum atomic E-state index is 11.6. The molecule has 0 saturated heterocycles. The van der Waals surface area contributed by atoms with Crippen LogP contribution in [0.3, 0.4) is 0 Å². The molecule has 0 radical (unpaired) electrons.